The van der Waals surface area contributed by atoms with E-state index in [9.17, 15) is 0 Å². The molecule has 1 aromatic heterocycles. The molecule has 268 valence electrons. The van der Waals surface area contributed by atoms with Crippen LogP contribution >= 0.6 is 0 Å². The van der Waals surface area contributed by atoms with Crippen LogP contribution in [0.3, 0.4) is 0 Å². The maximum Gasteiger partial charge on any atom is 0.161 e. The van der Waals surface area contributed by atoms with E-state index in [0.717, 1.165) is 44.6 Å². The van der Waals surface area contributed by atoms with Gasteiger partial charge in [0, 0.05) is 22.1 Å². The van der Waals surface area contributed by atoms with Crippen LogP contribution in [-0.4, -0.2) is 9.97 Å². The lowest BCUT2D eigenvalue weighted by Crippen LogP contribution is -2.15. The number of fused-ring (bicyclic) bond motifs is 7. The van der Waals surface area contributed by atoms with Gasteiger partial charge in [0.2, 0.25) is 0 Å². The molecule has 0 amide bonds. The van der Waals surface area contributed by atoms with Gasteiger partial charge in [-0.15, -0.1) is 0 Å². The summed E-state index contributed by atoms with van der Waals surface area (Å²) in [4.78, 5) is 10.9. The van der Waals surface area contributed by atoms with Gasteiger partial charge in [0.25, 0.3) is 0 Å². The van der Waals surface area contributed by atoms with Crippen molar-refractivity contribution in [2.45, 2.75) is 19.3 Å². The van der Waals surface area contributed by atoms with Crippen molar-refractivity contribution in [3.05, 3.63) is 205 Å². The monoisotopic (exact) mass is 726 g/mol. The van der Waals surface area contributed by atoms with E-state index in [1.165, 1.54) is 60.3 Å². The highest BCUT2D eigenvalue weighted by molar-refractivity contribution is 6.09. The molecule has 0 unspecified atom stereocenters. The van der Waals surface area contributed by atoms with Gasteiger partial charge in [-0.3, -0.25) is 0 Å². The van der Waals surface area contributed by atoms with Crippen molar-refractivity contribution in [3.8, 4) is 67.3 Å². The second-order valence-electron chi connectivity index (χ2n) is 15.7. The van der Waals surface area contributed by atoms with Gasteiger partial charge in [0.05, 0.1) is 11.4 Å². The SMILES string of the molecule is CC1(C)c2cccc(-c3ccc(-c4nc(-c5ccccc5-c5ccccc5)cc(-c5cccc6ccccc56)n4)c4ccccc34)c2-c2ccc3ccccc3c21. The summed E-state index contributed by atoms with van der Waals surface area (Å²) in [5, 5.41) is 7.27. The first kappa shape index (κ1) is 33.2. The third-order valence-electron chi connectivity index (χ3n) is 12.1. The molecule has 57 heavy (non-hydrogen) atoms. The number of rotatable bonds is 5. The Labute approximate surface area is 332 Å². The first-order valence-electron chi connectivity index (χ1n) is 19.8. The van der Waals surface area contributed by atoms with Crippen molar-refractivity contribution in [1.29, 1.82) is 0 Å². The minimum absolute atomic E-state index is 0.139. The highest BCUT2D eigenvalue weighted by atomic mass is 14.9. The fraction of sp³-hybridized carbons (Fsp3) is 0.0545. The van der Waals surface area contributed by atoms with Crippen LogP contribution in [0, 0.1) is 0 Å². The third kappa shape index (κ3) is 5.25. The minimum atomic E-state index is -0.139. The maximum absolute atomic E-state index is 5.44. The van der Waals surface area contributed by atoms with Crippen LogP contribution in [0.2, 0.25) is 0 Å². The summed E-state index contributed by atoms with van der Waals surface area (Å²) in [5.41, 5.74) is 15.0. The number of nitrogens with zero attached hydrogens (tertiary/aromatic N) is 2. The Bertz CT molecular complexity index is 3210. The van der Waals surface area contributed by atoms with Crippen LogP contribution in [0.4, 0.5) is 0 Å². The summed E-state index contributed by atoms with van der Waals surface area (Å²) in [6.07, 6.45) is 0. The molecule has 2 nitrogen and oxygen atoms in total. The van der Waals surface area contributed by atoms with Gasteiger partial charge in [-0.1, -0.05) is 196 Å². The predicted octanol–water partition coefficient (Wildman–Crippen LogP) is 14.6. The zero-order valence-electron chi connectivity index (χ0n) is 31.9. The number of aromatic nitrogens is 2. The summed E-state index contributed by atoms with van der Waals surface area (Å²) >= 11 is 0. The summed E-state index contributed by atoms with van der Waals surface area (Å²) in [6, 6.07) is 70.0. The minimum Gasteiger partial charge on any atom is -0.228 e. The summed E-state index contributed by atoms with van der Waals surface area (Å²) < 4.78 is 0. The lowest BCUT2D eigenvalue weighted by Gasteiger charge is -2.23. The van der Waals surface area contributed by atoms with Crippen LogP contribution in [0.25, 0.3) is 99.6 Å². The van der Waals surface area contributed by atoms with E-state index >= 15 is 0 Å². The van der Waals surface area contributed by atoms with Crippen molar-refractivity contribution in [2.75, 3.05) is 0 Å². The lowest BCUT2D eigenvalue weighted by molar-refractivity contribution is 0.666. The molecule has 0 fully saturated rings. The molecule has 0 aliphatic heterocycles. The number of benzene rings is 9. The largest absolute Gasteiger partial charge is 0.228 e. The average molecular weight is 727 g/mol. The Morgan fingerprint density at radius 3 is 1.67 bits per heavy atom. The predicted molar refractivity (Wildman–Crippen MR) is 239 cm³/mol. The molecule has 9 aromatic carbocycles. The van der Waals surface area contributed by atoms with Crippen LogP contribution in [0.5, 0.6) is 0 Å². The van der Waals surface area contributed by atoms with Crippen LogP contribution < -0.4 is 0 Å². The third-order valence-corrected chi connectivity index (χ3v) is 12.1. The van der Waals surface area contributed by atoms with E-state index in [2.05, 4.69) is 208 Å². The van der Waals surface area contributed by atoms with Gasteiger partial charge in [-0.2, -0.15) is 0 Å². The molecule has 0 spiro atoms. The fourth-order valence-corrected chi connectivity index (χ4v) is 9.47. The van der Waals surface area contributed by atoms with E-state index in [1.54, 1.807) is 0 Å². The van der Waals surface area contributed by atoms with Crippen molar-refractivity contribution >= 4 is 32.3 Å². The number of hydrogen-bond acceptors (Lipinski definition) is 2. The topological polar surface area (TPSA) is 25.8 Å². The highest BCUT2D eigenvalue weighted by Crippen LogP contribution is 2.55. The standard InChI is InChI=1S/C55H38N2/c1-55(2)49-29-15-28-46(52(49)48-31-30-37-19-7-9-23-40(37)53(48)55)43-32-33-47(42-25-12-11-24-41(42)43)54-56-50(44-26-13-10-22-38(44)35-16-4-3-5-17-35)34-51(57-54)45-27-14-20-36-18-6-8-21-39(36)45/h3-34H,1-2H3. The molecule has 0 atom stereocenters. The molecule has 0 saturated heterocycles. The van der Waals surface area contributed by atoms with Gasteiger partial charge in [-0.25, -0.2) is 9.97 Å². The van der Waals surface area contributed by atoms with Gasteiger partial charge < -0.3 is 0 Å². The molecule has 0 bridgehead atoms. The van der Waals surface area contributed by atoms with E-state index in [4.69, 9.17) is 9.97 Å². The molecule has 0 radical (unpaired) electrons. The maximum atomic E-state index is 5.44. The van der Waals surface area contributed by atoms with Crippen molar-refractivity contribution < 1.29 is 0 Å². The molecule has 10 aromatic rings. The summed E-state index contributed by atoms with van der Waals surface area (Å²) in [6.45, 7) is 4.76. The zero-order chi connectivity index (χ0) is 38.1. The molecular weight excluding hydrogens is 689 g/mol. The summed E-state index contributed by atoms with van der Waals surface area (Å²) in [5.74, 6) is 0.706. The normalized spacial score (nSPS) is 12.9. The van der Waals surface area contributed by atoms with Crippen molar-refractivity contribution in [1.82, 2.24) is 9.97 Å². The average Bonchev–Trinajstić information content (AvgIpc) is 3.52. The van der Waals surface area contributed by atoms with Crippen LogP contribution in [-0.2, 0) is 5.41 Å². The lowest BCUT2D eigenvalue weighted by atomic mass is 9.80. The molecule has 1 aliphatic carbocycles. The van der Waals surface area contributed by atoms with Gasteiger partial charge in [-0.05, 0) is 89.0 Å². The van der Waals surface area contributed by atoms with Crippen molar-refractivity contribution in [2.24, 2.45) is 0 Å². The molecule has 0 saturated carbocycles. The van der Waals surface area contributed by atoms with E-state index in [-0.39, 0.29) is 5.41 Å². The second kappa shape index (κ2) is 13.0. The highest BCUT2D eigenvalue weighted by Gasteiger charge is 2.38. The number of hydrogen-bond donors (Lipinski definition) is 0. The van der Waals surface area contributed by atoms with Crippen LogP contribution in [0.15, 0.2) is 194 Å². The molecule has 1 heterocycles. The Kier molecular flexibility index (Phi) is 7.55. The Hall–Kier alpha value is -7.16. The Morgan fingerprint density at radius 1 is 0.351 bits per heavy atom. The fourth-order valence-electron chi connectivity index (χ4n) is 9.47. The smallest absolute Gasteiger partial charge is 0.161 e. The Balaban J connectivity index is 1.15. The van der Waals surface area contributed by atoms with Gasteiger partial charge in [0.1, 0.15) is 0 Å². The first-order chi connectivity index (χ1) is 28.0. The molecule has 1 aliphatic rings. The van der Waals surface area contributed by atoms with E-state index < -0.39 is 0 Å². The molecule has 11 rings (SSSR count). The second-order valence-corrected chi connectivity index (χ2v) is 15.7. The zero-order valence-corrected chi connectivity index (χ0v) is 31.9. The quantitative estimate of drug-likeness (QED) is 0.176. The van der Waals surface area contributed by atoms with E-state index in [0.29, 0.717) is 5.82 Å². The first-order valence-corrected chi connectivity index (χ1v) is 19.8. The molecule has 0 N–H and O–H groups in total. The Morgan fingerprint density at radius 2 is 0.877 bits per heavy atom. The van der Waals surface area contributed by atoms with Gasteiger partial charge in [0.15, 0.2) is 5.82 Å². The van der Waals surface area contributed by atoms with Crippen molar-refractivity contribution in [3.63, 3.8) is 0 Å². The summed E-state index contributed by atoms with van der Waals surface area (Å²) in [7, 11) is 0. The van der Waals surface area contributed by atoms with Crippen LogP contribution in [0.1, 0.15) is 25.0 Å². The van der Waals surface area contributed by atoms with Gasteiger partial charge >= 0.3 is 0 Å². The van der Waals surface area contributed by atoms with E-state index in [1.807, 2.05) is 0 Å². The molecular formula is C55H38N2. The molecule has 2 heteroatoms.